The third kappa shape index (κ3) is 4.64. The number of hydrogen-bond donors (Lipinski definition) is 2. The van der Waals surface area contributed by atoms with Crippen LogP contribution in [0.3, 0.4) is 0 Å². The molecule has 0 fully saturated rings. The molecule has 30 heavy (non-hydrogen) atoms. The van der Waals surface area contributed by atoms with Crippen molar-refractivity contribution >= 4 is 23.1 Å². The second-order valence-corrected chi connectivity index (χ2v) is 6.44. The van der Waals surface area contributed by atoms with E-state index >= 15 is 0 Å². The Hall–Kier alpha value is -4.13. The molecule has 0 spiro atoms. The van der Waals surface area contributed by atoms with E-state index in [1.807, 2.05) is 0 Å². The van der Waals surface area contributed by atoms with Gasteiger partial charge in [-0.15, -0.1) is 0 Å². The van der Waals surface area contributed by atoms with E-state index in [-0.39, 0.29) is 11.7 Å². The van der Waals surface area contributed by atoms with Crippen molar-refractivity contribution in [3.63, 3.8) is 0 Å². The van der Waals surface area contributed by atoms with E-state index in [9.17, 15) is 13.6 Å². The molecule has 0 aliphatic heterocycles. The van der Waals surface area contributed by atoms with Gasteiger partial charge < -0.3 is 10.6 Å². The number of aromatic nitrogens is 2. The van der Waals surface area contributed by atoms with E-state index in [1.54, 1.807) is 54.7 Å². The Labute approximate surface area is 171 Å². The highest BCUT2D eigenvalue weighted by Crippen LogP contribution is 2.20. The van der Waals surface area contributed by atoms with Crippen LogP contribution in [0.25, 0.3) is 11.4 Å². The van der Waals surface area contributed by atoms with E-state index in [4.69, 9.17) is 0 Å². The maximum absolute atomic E-state index is 13.2. The number of rotatable bonds is 5. The number of carbonyl (C=O) groups excluding carboxylic acids is 1. The number of nitrogens with one attached hydrogen (secondary N) is 2. The fraction of sp³-hybridized carbons (Fsp3) is 0. The molecule has 1 heterocycles. The van der Waals surface area contributed by atoms with Gasteiger partial charge in [-0.25, -0.2) is 18.7 Å². The van der Waals surface area contributed by atoms with Crippen molar-refractivity contribution in [1.82, 2.24) is 9.97 Å². The molecule has 0 bridgehead atoms. The van der Waals surface area contributed by atoms with Crippen molar-refractivity contribution < 1.29 is 13.6 Å². The van der Waals surface area contributed by atoms with Gasteiger partial charge in [0.15, 0.2) is 5.82 Å². The number of benzene rings is 3. The average molecular weight is 402 g/mol. The fourth-order valence-corrected chi connectivity index (χ4v) is 2.79. The van der Waals surface area contributed by atoms with Crippen LogP contribution in [0, 0.1) is 11.6 Å². The quantitative estimate of drug-likeness (QED) is 0.468. The van der Waals surface area contributed by atoms with Crippen molar-refractivity contribution in [2.75, 3.05) is 10.6 Å². The van der Waals surface area contributed by atoms with Gasteiger partial charge in [0, 0.05) is 28.7 Å². The minimum atomic E-state index is -0.419. The molecule has 0 aliphatic rings. The van der Waals surface area contributed by atoms with Crippen LogP contribution in [0.2, 0.25) is 0 Å². The molecule has 3 aromatic carbocycles. The molecule has 1 amide bonds. The maximum atomic E-state index is 13.2. The summed E-state index contributed by atoms with van der Waals surface area (Å²) >= 11 is 0. The molecule has 4 rings (SSSR count). The molecule has 0 saturated carbocycles. The monoisotopic (exact) mass is 402 g/mol. The number of halogens is 2. The Morgan fingerprint density at radius 2 is 1.57 bits per heavy atom. The van der Waals surface area contributed by atoms with Crippen LogP contribution in [0.15, 0.2) is 85.1 Å². The Kier molecular flexibility index (Phi) is 5.43. The Morgan fingerprint density at radius 1 is 0.800 bits per heavy atom. The highest BCUT2D eigenvalue weighted by atomic mass is 19.1. The zero-order chi connectivity index (χ0) is 20.9. The van der Waals surface area contributed by atoms with Gasteiger partial charge in [0.25, 0.3) is 5.91 Å². The first-order chi connectivity index (χ1) is 14.6. The van der Waals surface area contributed by atoms with Gasteiger partial charge in [0.2, 0.25) is 0 Å². The van der Waals surface area contributed by atoms with Crippen LogP contribution >= 0.6 is 0 Å². The lowest BCUT2D eigenvalue weighted by Crippen LogP contribution is -2.11. The van der Waals surface area contributed by atoms with Crippen LogP contribution in [0.5, 0.6) is 0 Å². The molecule has 0 radical (unpaired) electrons. The number of amides is 1. The lowest BCUT2D eigenvalue weighted by molar-refractivity contribution is 0.102. The van der Waals surface area contributed by atoms with Gasteiger partial charge in [0.05, 0.1) is 0 Å². The van der Waals surface area contributed by atoms with Crippen molar-refractivity contribution in [3.8, 4) is 11.4 Å². The van der Waals surface area contributed by atoms with E-state index in [0.29, 0.717) is 28.5 Å². The summed E-state index contributed by atoms with van der Waals surface area (Å²) in [4.78, 5) is 21.0. The molecule has 5 nitrogen and oxygen atoms in total. The molecular formula is C23H16F2N4O. The van der Waals surface area contributed by atoms with Gasteiger partial charge in [-0.1, -0.05) is 6.07 Å². The van der Waals surface area contributed by atoms with Gasteiger partial charge >= 0.3 is 0 Å². The van der Waals surface area contributed by atoms with Crippen LogP contribution in [-0.2, 0) is 0 Å². The van der Waals surface area contributed by atoms with E-state index < -0.39 is 5.82 Å². The van der Waals surface area contributed by atoms with E-state index in [0.717, 1.165) is 5.69 Å². The van der Waals surface area contributed by atoms with E-state index in [2.05, 4.69) is 20.6 Å². The third-order valence-electron chi connectivity index (χ3n) is 4.26. The first kappa shape index (κ1) is 19.2. The number of hydrogen-bond acceptors (Lipinski definition) is 4. The van der Waals surface area contributed by atoms with Crippen LogP contribution < -0.4 is 10.6 Å². The van der Waals surface area contributed by atoms with Crippen LogP contribution in [0.1, 0.15) is 10.4 Å². The number of anilines is 3. The predicted octanol–water partition coefficient (Wildman–Crippen LogP) is 5.42. The fourth-order valence-electron chi connectivity index (χ4n) is 2.79. The molecule has 0 aliphatic carbocycles. The first-order valence-electron chi connectivity index (χ1n) is 9.10. The maximum Gasteiger partial charge on any atom is 0.255 e. The molecule has 0 unspecified atom stereocenters. The molecule has 7 heteroatoms. The smallest absolute Gasteiger partial charge is 0.255 e. The van der Waals surface area contributed by atoms with Crippen molar-refractivity contribution in [2.45, 2.75) is 0 Å². The Bertz CT molecular complexity index is 1180. The highest BCUT2D eigenvalue weighted by molar-refractivity contribution is 6.04. The summed E-state index contributed by atoms with van der Waals surface area (Å²) in [6.07, 6.45) is 1.61. The summed E-state index contributed by atoms with van der Waals surface area (Å²) in [5.74, 6) is -0.0630. The minimum Gasteiger partial charge on any atom is -0.340 e. The second kappa shape index (κ2) is 8.48. The molecule has 1 aromatic heterocycles. The third-order valence-corrected chi connectivity index (χ3v) is 4.26. The standard InChI is InChI=1S/C23H16F2N4O/c24-17-8-4-15(5-9-17)22-26-13-12-21(29-22)27-19-10-6-16(7-11-19)23(30)28-20-3-1-2-18(25)14-20/h1-14H,(H,28,30)(H,26,27,29). The second-order valence-electron chi connectivity index (χ2n) is 6.44. The highest BCUT2D eigenvalue weighted by Gasteiger charge is 2.08. The largest absolute Gasteiger partial charge is 0.340 e. The zero-order valence-electron chi connectivity index (χ0n) is 15.6. The molecular weight excluding hydrogens is 386 g/mol. The summed E-state index contributed by atoms with van der Waals surface area (Å²) in [6, 6.07) is 20.1. The topological polar surface area (TPSA) is 66.9 Å². The van der Waals surface area contributed by atoms with Gasteiger partial charge in [-0.3, -0.25) is 4.79 Å². The molecule has 4 aromatic rings. The SMILES string of the molecule is O=C(Nc1cccc(F)c1)c1ccc(Nc2ccnc(-c3ccc(F)cc3)n2)cc1. The summed E-state index contributed by atoms with van der Waals surface area (Å²) in [6.45, 7) is 0. The van der Waals surface area contributed by atoms with E-state index in [1.165, 1.54) is 30.3 Å². The molecule has 0 atom stereocenters. The van der Waals surface area contributed by atoms with Gasteiger partial charge in [-0.05, 0) is 72.8 Å². The van der Waals surface area contributed by atoms with Crippen LogP contribution in [-0.4, -0.2) is 15.9 Å². The summed E-state index contributed by atoms with van der Waals surface area (Å²) in [7, 11) is 0. The Morgan fingerprint density at radius 3 is 2.30 bits per heavy atom. The molecule has 2 N–H and O–H groups in total. The zero-order valence-corrected chi connectivity index (χ0v) is 15.6. The molecule has 0 saturated heterocycles. The average Bonchev–Trinajstić information content (AvgIpc) is 2.75. The summed E-state index contributed by atoms with van der Waals surface area (Å²) in [5.41, 5.74) is 2.24. The Balaban J connectivity index is 1.45. The summed E-state index contributed by atoms with van der Waals surface area (Å²) < 4.78 is 26.3. The molecule has 148 valence electrons. The van der Waals surface area contributed by atoms with Crippen molar-refractivity contribution in [1.29, 1.82) is 0 Å². The first-order valence-corrected chi connectivity index (χ1v) is 9.10. The summed E-state index contributed by atoms with van der Waals surface area (Å²) in [5, 5.41) is 5.79. The minimum absolute atomic E-state index is 0.324. The number of nitrogens with zero attached hydrogens (tertiary/aromatic N) is 2. The lowest BCUT2D eigenvalue weighted by Gasteiger charge is -2.09. The lowest BCUT2D eigenvalue weighted by atomic mass is 10.2. The normalized spacial score (nSPS) is 10.5. The van der Waals surface area contributed by atoms with Gasteiger partial charge in [-0.2, -0.15) is 0 Å². The van der Waals surface area contributed by atoms with Gasteiger partial charge in [0.1, 0.15) is 17.5 Å². The predicted molar refractivity (Wildman–Crippen MR) is 112 cm³/mol. The van der Waals surface area contributed by atoms with Crippen molar-refractivity contribution in [3.05, 3.63) is 102 Å². The number of carbonyl (C=O) groups is 1. The van der Waals surface area contributed by atoms with Crippen molar-refractivity contribution in [2.24, 2.45) is 0 Å². The van der Waals surface area contributed by atoms with Crippen LogP contribution in [0.4, 0.5) is 26.0 Å².